The fourth-order valence-electron chi connectivity index (χ4n) is 2.44. The van der Waals surface area contributed by atoms with Gasteiger partial charge in [-0.2, -0.15) is 13.2 Å². The lowest BCUT2D eigenvalue weighted by atomic mass is 9.95. The van der Waals surface area contributed by atoms with Gasteiger partial charge in [-0.15, -0.1) is 0 Å². The number of benzene rings is 1. The van der Waals surface area contributed by atoms with Gasteiger partial charge in [-0.3, -0.25) is 4.79 Å². The topological polar surface area (TPSA) is 29.1 Å². The molecule has 116 valence electrons. The van der Waals surface area contributed by atoms with Gasteiger partial charge < -0.3 is 5.32 Å². The highest BCUT2D eigenvalue weighted by atomic mass is 79.9. The van der Waals surface area contributed by atoms with Crippen LogP contribution in [0.15, 0.2) is 22.7 Å². The smallest absolute Gasteiger partial charge is 0.348 e. The zero-order valence-corrected chi connectivity index (χ0v) is 14.2. The molecule has 1 N–H and O–H groups in total. The average molecular weight is 429 g/mol. The Morgan fingerprint density at radius 1 is 1.24 bits per heavy atom. The zero-order chi connectivity index (χ0) is 15.6. The third-order valence-corrected chi connectivity index (χ3v) is 5.12. The van der Waals surface area contributed by atoms with Crippen molar-refractivity contribution in [2.75, 3.05) is 0 Å². The largest absolute Gasteiger partial charge is 0.417 e. The first-order chi connectivity index (χ1) is 9.79. The molecule has 0 aliphatic heterocycles. The minimum absolute atomic E-state index is 0.111. The third-order valence-electron chi connectivity index (χ3n) is 3.53. The Kier molecular flexibility index (Phi) is 5.35. The van der Waals surface area contributed by atoms with E-state index in [-0.39, 0.29) is 16.4 Å². The molecule has 1 saturated carbocycles. The van der Waals surface area contributed by atoms with E-state index >= 15 is 0 Å². The van der Waals surface area contributed by atoms with Crippen LogP contribution in [0, 0.1) is 0 Å². The maximum atomic E-state index is 13.0. The van der Waals surface area contributed by atoms with Crippen molar-refractivity contribution in [3.63, 3.8) is 0 Å². The molecule has 2 rings (SSSR count). The maximum absolute atomic E-state index is 13.0. The second-order valence-corrected chi connectivity index (χ2v) is 7.16. The van der Waals surface area contributed by atoms with E-state index in [2.05, 4.69) is 37.2 Å². The summed E-state index contributed by atoms with van der Waals surface area (Å²) in [5, 5.41) is 2.72. The normalized spacial score (nSPS) is 22.9. The van der Waals surface area contributed by atoms with E-state index in [4.69, 9.17) is 0 Å². The molecule has 2 atom stereocenters. The average Bonchev–Trinajstić information content (AvgIpc) is 2.40. The number of nitrogens with one attached hydrogen (secondary N) is 1. The van der Waals surface area contributed by atoms with E-state index in [0.717, 1.165) is 31.7 Å². The van der Waals surface area contributed by atoms with Gasteiger partial charge in [0.15, 0.2) is 0 Å². The SMILES string of the molecule is O=C(NC1CCCCC1Br)c1ccc(Br)cc1C(F)(F)F. The highest BCUT2D eigenvalue weighted by Crippen LogP contribution is 2.34. The Labute approximate surface area is 137 Å². The van der Waals surface area contributed by atoms with Crippen molar-refractivity contribution >= 4 is 37.8 Å². The quantitative estimate of drug-likeness (QED) is 0.666. The fraction of sp³-hybridized carbons (Fsp3) is 0.500. The fourth-order valence-corrected chi connectivity index (χ4v) is 3.52. The molecule has 0 bridgehead atoms. The Balaban J connectivity index is 2.23. The van der Waals surface area contributed by atoms with Crippen LogP contribution in [0.2, 0.25) is 0 Å². The van der Waals surface area contributed by atoms with Gasteiger partial charge in [-0.25, -0.2) is 0 Å². The number of halogens is 5. The summed E-state index contributed by atoms with van der Waals surface area (Å²) < 4.78 is 39.4. The van der Waals surface area contributed by atoms with Crippen molar-refractivity contribution in [3.05, 3.63) is 33.8 Å². The molecule has 0 heterocycles. The van der Waals surface area contributed by atoms with Gasteiger partial charge >= 0.3 is 6.18 Å². The van der Waals surface area contributed by atoms with Crippen LogP contribution in [0.25, 0.3) is 0 Å². The van der Waals surface area contributed by atoms with Crippen molar-refractivity contribution in [3.8, 4) is 0 Å². The summed E-state index contributed by atoms with van der Waals surface area (Å²) in [5.41, 5.74) is -1.26. The first kappa shape index (κ1) is 16.8. The van der Waals surface area contributed by atoms with Crippen molar-refractivity contribution in [2.24, 2.45) is 0 Å². The summed E-state index contributed by atoms with van der Waals surface area (Å²) in [4.78, 5) is 12.3. The number of carbonyl (C=O) groups is 1. The Morgan fingerprint density at radius 2 is 1.90 bits per heavy atom. The monoisotopic (exact) mass is 427 g/mol. The van der Waals surface area contributed by atoms with Crippen LogP contribution in [-0.4, -0.2) is 16.8 Å². The van der Waals surface area contributed by atoms with Crippen molar-refractivity contribution in [2.45, 2.75) is 42.7 Å². The van der Waals surface area contributed by atoms with Crippen molar-refractivity contribution in [1.82, 2.24) is 5.32 Å². The van der Waals surface area contributed by atoms with Crippen LogP contribution in [0.1, 0.15) is 41.6 Å². The number of alkyl halides is 4. The first-order valence-corrected chi connectivity index (χ1v) is 8.31. The second-order valence-electron chi connectivity index (χ2n) is 5.07. The Hall–Kier alpha value is -0.560. The lowest BCUT2D eigenvalue weighted by molar-refractivity contribution is -0.138. The van der Waals surface area contributed by atoms with E-state index in [1.807, 2.05) is 0 Å². The van der Waals surface area contributed by atoms with Crippen LogP contribution < -0.4 is 5.32 Å². The standard InChI is InChI=1S/C14H14Br2F3NO/c15-8-5-6-9(10(7-8)14(17,18)19)13(21)20-12-4-2-1-3-11(12)16/h5-7,11-12H,1-4H2,(H,20,21). The highest BCUT2D eigenvalue weighted by Gasteiger charge is 2.36. The number of amides is 1. The lowest BCUT2D eigenvalue weighted by Crippen LogP contribution is -2.43. The maximum Gasteiger partial charge on any atom is 0.417 e. The van der Waals surface area contributed by atoms with Crippen LogP contribution >= 0.6 is 31.9 Å². The zero-order valence-electron chi connectivity index (χ0n) is 11.0. The predicted octanol–water partition coefficient (Wildman–Crippen LogP) is 4.90. The van der Waals surface area contributed by atoms with E-state index in [9.17, 15) is 18.0 Å². The molecule has 1 aromatic rings. The summed E-state index contributed by atoms with van der Waals surface area (Å²) in [5.74, 6) is -0.675. The second kappa shape index (κ2) is 6.69. The first-order valence-electron chi connectivity index (χ1n) is 6.60. The van der Waals surface area contributed by atoms with Gasteiger partial charge in [0.25, 0.3) is 5.91 Å². The molecule has 1 aliphatic carbocycles. The number of hydrogen-bond acceptors (Lipinski definition) is 1. The Bertz CT molecular complexity index is 533. The van der Waals surface area contributed by atoms with E-state index in [1.165, 1.54) is 12.1 Å². The van der Waals surface area contributed by atoms with Gasteiger partial charge in [0.05, 0.1) is 11.1 Å². The van der Waals surface area contributed by atoms with Gasteiger partial charge in [0, 0.05) is 15.3 Å². The summed E-state index contributed by atoms with van der Waals surface area (Å²) in [6, 6.07) is 3.45. The molecule has 0 spiro atoms. The minimum atomic E-state index is -4.56. The van der Waals surface area contributed by atoms with E-state index < -0.39 is 17.6 Å². The van der Waals surface area contributed by atoms with Gasteiger partial charge in [0.1, 0.15) is 0 Å². The summed E-state index contributed by atoms with van der Waals surface area (Å²) >= 11 is 6.49. The van der Waals surface area contributed by atoms with Crippen molar-refractivity contribution < 1.29 is 18.0 Å². The molecule has 0 saturated heterocycles. The molecule has 0 aromatic heterocycles. The molecule has 1 aliphatic rings. The van der Waals surface area contributed by atoms with E-state index in [0.29, 0.717) is 4.47 Å². The summed E-state index contributed by atoms with van der Waals surface area (Å²) in [6.07, 6.45) is -0.832. The van der Waals surface area contributed by atoms with Gasteiger partial charge in [0.2, 0.25) is 0 Å². The predicted molar refractivity (Wildman–Crippen MR) is 81.6 cm³/mol. The van der Waals surface area contributed by atoms with E-state index in [1.54, 1.807) is 0 Å². The Morgan fingerprint density at radius 3 is 2.52 bits per heavy atom. The van der Waals surface area contributed by atoms with Crippen LogP contribution in [0.5, 0.6) is 0 Å². The molecule has 21 heavy (non-hydrogen) atoms. The van der Waals surface area contributed by atoms with Crippen LogP contribution in [0.3, 0.4) is 0 Å². The number of hydrogen-bond donors (Lipinski definition) is 1. The molecule has 1 amide bonds. The van der Waals surface area contributed by atoms with Gasteiger partial charge in [-0.05, 0) is 31.0 Å². The van der Waals surface area contributed by atoms with Crippen LogP contribution in [0.4, 0.5) is 13.2 Å². The van der Waals surface area contributed by atoms with Crippen molar-refractivity contribution in [1.29, 1.82) is 0 Å². The molecule has 1 fully saturated rings. The molecular formula is C14H14Br2F3NO. The molecule has 0 radical (unpaired) electrons. The number of carbonyl (C=O) groups excluding carboxylic acids is 1. The lowest BCUT2D eigenvalue weighted by Gasteiger charge is -2.28. The molecule has 7 heteroatoms. The van der Waals surface area contributed by atoms with Crippen LogP contribution in [-0.2, 0) is 6.18 Å². The summed E-state index contributed by atoms with van der Waals surface area (Å²) in [7, 11) is 0. The minimum Gasteiger partial charge on any atom is -0.348 e. The molecule has 2 unspecified atom stereocenters. The third kappa shape index (κ3) is 4.22. The molecule has 2 nitrogen and oxygen atoms in total. The molecular weight excluding hydrogens is 415 g/mol. The summed E-state index contributed by atoms with van der Waals surface area (Å²) in [6.45, 7) is 0. The van der Waals surface area contributed by atoms with Gasteiger partial charge in [-0.1, -0.05) is 44.7 Å². The molecule has 1 aromatic carbocycles. The highest BCUT2D eigenvalue weighted by molar-refractivity contribution is 9.10. The number of rotatable bonds is 2.